The summed E-state index contributed by atoms with van der Waals surface area (Å²) in [4.78, 5) is 0. The standard InChI is InChI=1S/C28H28/c1-28(2,3)26-16-10-15-25(27(26)24-13-8-5-9-14-24)23-19-17-22(18-20-23)21-11-6-4-7-12-21/h4-9,11-15,17-20H,10,16H2,1-3H3. The molecule has 140 valence electrons. The van der Waals surface area contributed by atoms with Gasteiger partial charge in [-0.15, -0.1) is 0 Å². The largest absolute Gasteiger partial charge is 0.0757 e. The van der Waals surface area contributed by atoms with Crippen molar-refractivity contribution in [2.24, 2.45) is 5.41 Å². The molecule has 1 aliphatic rings. The number of benzene rings is 3. The molecule has 1 aliphatic carbocycles. The summed E-state index contributed by atoms with van der Waals surface area (Å²) in [6.45, 7) is 7.02. The normalized spacial score (nSPS) is 14.8. The van der Waals surface area contributed by atoms with Crippen LogP contribution in [0.15, 0.2) is 96.6 Å². The maximum absolute atomic E-state index is 2.43. The highest BCUT2D eigenvalue weighted by Crippen LogP contribution is 2.45. The lowest BCUT2D eigenvalue weighted by atomic mass is 9.73. The van der Waals surface area contributed by atoms with E-state index in [1.807, 2.05) is 0 Å². The highest BCUT2D eigenvalue weighted by atomic mass is 14.3. The maximum atomic E-state index is 2.43. The molecular weight excluding hydrogens is 336 g/mol. The third-order valence-corrected chi connectivity index (χ3v) is 5.58. The monoisotopic (exact) mass is 364 g/mol. The van der Waals surface area contributed by atoms with E-state index in [0.717, 1.165) is 12.8 Å². The summed E-state index contributed by atoms with van der Waals surface area (Å²) in [5.74, 6) is 0. The summed E-state index contributed by atoms with van der Waals surface area (Å²) in [7, 11) is 0. The summed E-state index contributed by atoms with van der Waals surface area (Å²) in [6.07, 6.45) is 4.67. The molecule has 0 unspecified atom stereocenters. The molecule has 4 rings (SSSR count). The summed E-state index contributed by atoms with van der Waals surface area (Å²) < 4.78 is 0. The van der Waals surface area contributed by atoms with Crippen molar-refractivity contribution in [3.63, 3.8) is 0 Å². The second kappa shape index (κ2) is 7.64. The van der Waals surface area contributed by atoms with Crippen LogP contribution in [0, 0.1) is 5.41 Å². The van der Waals surface area contributed by atoms with E-state index in [1.165, 1.54) is 33.4 Å². The molecule has 0 radical (unpaired) electrons. The quantitative estimate of drug-likeness (QED) is 0.441. The van der Waals surface area contributed by atoms with Gasteiger partial charge in [0.2, 0.25) is 0 Å². The molecule has 3 aromatic rings. The minimum atomic E-state index is 0.161. The first-order valence-corrected chi connectivity index (χ1v) is 10.2. The van der Waals surface area contributed by atoms with Crippen molar-refractivity contribution < 1.29 is 0 Å². The Morgan fingerprint density at radius 3 is 1.64 bits per heavy atom. The van der Waals surface area contributed by atoms with Crippen molar-refractivity contribution in [1.82, 2.24) is 0 Å². The molecule has 0 nitrogen and oxygen atoms in total. The Morgan fingerprint density at radius 1 is 0.571 bits per heavy atom. The average Bonchev–Trinajstić information content (AvgIpc) is 2.74. The van der Waals surface area contributed by atoms with E-state index in [1.54, 1.807) is 5.57 Å². The Bertz CT molecular complexity index is 995. The van der Waals surface area contributed by atoms with Crippen molar-refractivity contribution in [1.29, 1.82) is 0 Å². The van der Waals surface area contributed by atoms with Crippen molar-refractivity contribution in [2.45, 2.75) is 33.6 Å². The summed E-state index contributed by atoms with van der Waals surface area (Å²) in [5, 5.41) is 0. The molecule has 0 heteroatoms. The topological polar surface area (TPSA) is 0 Å². The van der Waals surface area contributed by atoms with Crippen molar-refractivity contribution in [3.8, 4) is 11.1 Å². The average molecular weight is 365 g/mol. The van der Waals surface area contributed by atoms with Crippen LogP contribution in [0.25, 0.3) is 22.3 Å². The van der Waals surface area contributed by atoms with Gasteiger partial charge in [0.15, 0.2) is 0 Å². The molecule has 0 atom stereocenters. The van der Waals surface area contributed by atoms with E-state index in [9.17, 15) is 0 Å². The van der Waals surface area contributed by atoms with Crippen LogP contribution in [0.2, 0.25) is 0 Å². The zero-order valence-electron chi connectivity index (χ0n) is 17.1. The zero-order chi connectivity index (χ0) is 19.6. The number of allylic oxidation sites excluding steroid dienone is 4. The lowest BCUT2D eigenvalue weighted by Gasteiger charge is -2.31. The fourth-order valence-electron chi connectivity index (χ4n) is 4.17. The van der Waals surface area contributed by atoms with Gasteiger partial charge in [-0.25, -0.2) is 0 Å². The van der Waals surface area contributed by atoms with Gasteiger partial charge in [-0.3, -0.25) is 0 Å². The van der Waals surface area contributed by atoms with E-state index in [2.05, 4.69) is 112 Å². The molecule has 0 aromatic heterocycles. The van der Waals surface area contributed by atoms with Crippen LogP contribution < -0.4 is 0 Å². The van der Waals surface area contributed by atoms with E-state index in [0.29, 0.717) is 0 Å². The molecule has 28 heavy (non-hydrogen) atoms. The van der Waals surface area contributed by atoms with Crippen molar-refractivity contribution >= 4 is 11.1 Å². The minimum Gasteiger partial charge on any atom is -0.0757 e. The number of hydrogen-bond donors (Lipinski definition) is 0. The van der Waals surface area contributed by atoms with E-state index >= 15 is 0 Å². The lowest BCUT2D eigenvalue weighted by molar-refractivity contribution is 0.484. The van der Waals surface area contributed by atoms with Crippen LogP contribution in [0.3, 0.4) is 0 Å². The van der Waals surface area contributed by atoms with Gasteiger partial charge in [0.25, 0.3) is 0 Å². The summed E-state index contributed by atoms with van der Waals surface area (Å²) >= 11 is 0. The summed E-state index contributed by atoms with van der Waals surface area (Å²) in [5.41, 5.74) is 9.68. The Hall–Kier alpha value is -2.86. The first-order valence-electron chi connectivity index (χ1n) is 10.2. The second-order valence-corrected chi connectivity index (χ2v) is 8.57. The van der Waals surface area contributed by atoms with Crippen molar-refractivity contribution in [2.75, 3.05) is 0 Å². The maximum Gasteiger partial charge on any atom is -0.0111 e. The van der Waals surface area contributed by atoms with Crippen LogP contribution in [-0.4, -0.2) is 0 Å². The SMILES string of the molecule is CC(C)(C)C1=C(c2ccccc2)C(c2ccc(-c3ccccc3)cc2)=CCC1. The van der Waals surface area contributed by atoms with Gasteiger partial charge in [-0.05, 0) is 51.7 Å². The molecule has 3 aromatic carbocycles. The highest BCUT2D eigenvalue weighted by Gasteiger charge is 2.26. The molecule has 0 saturated carbocycles. The highest BCUT2D eigenvalue weighted by molar-refractivity contribution is 6.07. The van der Waals surface area contributed by atoms with E-state index in [4.69, 9.17) is 0 Å². The zero-order valence-corrected chi connectivity index (χ0v) is 17.1. The van der Waals surface area contributed by atoms with Gasteiger partial charge in [0.1, 0.15) is 0 Å². The number of hydrogen-bond acceptors (Lipinski definition) is 0. The molecular formula is C28H28. The van der Waals surface area contributed by atoms with Gasteiger partial charge in [-0.2, -0.15) is 0 Å². The predicted octanol–water partition coefficient (Wildman–Crippen LogP) is 8.03. The molecule has 0 spiro atoms. The van der Waals surface area contributed by atoms with Gasteiger partial charge in [0.05, 0.1) is 0 Å². The van der Waals surface area contributed by atoms with Gasteiger partial charge in [-0.1, -0.05) is 117 Å². The molecule has 0 heterocycles. The van der Waals surface area contributed by atoms with Crippen LogP contribution in [0.1, 0.15) is 44.7 Å². The molecule has 0 saturated heterocycles. The first kappa shape index (κ1) is 18.5. The van der Waals surface area contributed by atoms with Crippen LogP contribution in [0.5, 0.6) is 0 Å². The molecule has 0 N–H and O–H groups in total. The van der Waals surface area contributed by atoms with Crippen LogP contribution >= 0.6 is 0 Å². The molecule has 0 bridgehead atoms. The Morgan fingerprint density at radius 2 is 1.07 bits per heavy atom. The van der Waals surface area contributed by atoms with Crippen molar-refractivity contribution in [3.05, 3.63) is 108 Å². The Labute approximate surface area is 169 Å². The minimum absolute atomic E-state index is 0.161. The third-order valence-electron chi connectivity index (χ3n) is 5.58. The third kappa shape index (κ3) is 3.73. The lowest BCUT2D eigenvalue weighted by Crippen LogP contribution is -2.15. The molecule has 0 fully saturated rings. The smallest absolute Gasteiger partial charge is 0.0111 e. The fourth-order valence-corrected chi connectivity index (χ4v) is 4.17. The van der Waals surface area contributed by atoms with E-state index < -0.39 is 0 Å². The Balaban J connectivity index is 1.79. The summed E-state index contributed by atoms with van der Waals surface area (Å²) in [6, 6.07) is 30.5. The van der Waals surface area contributed by atoms with E-state index in [-0.39, 0.29) is 5.41 Å². The second-order valence-electron chi connectivity index (χ2n) is 8.57. The van der Waals surface area contributed by atoms with Crippen LogP contribution in [0.4, 0.5) is 0 Å². The van der Waals surface area contributed by atoms with Gasteiger partial charge >= 0.3 is 0 Å². The van der Waals surface area contributed by atoms with Crippen LogP contribution in [-0.2, 0) is 0 Å². The Kier molecular flexibility index (Phi) is 5.05. The fraction of sp³-hybridized carbons (Fsp3) is 0.214. The predicted molar refractivity (Wildman–Crippen MR) is 122 cm³/mol. The first-order chi connectivity index (χ1) is 13.5. The van der Waals surface area contributed by atoms with Gasteiger partial charge in [0, 0.05) is 0 Å². The molecule has 0 amide bonds. The number of rotatable bonds is 3. The molecule has 0 aliphatic heterocycles. The van der Waals surface area contributed by atoms with Gasteiger partial charge < -0.3 is 0 Å².